The minimum atomic E-state index is -4.66. The summed E-state index contributed by atoms with van der Waals surface area (Å²) >= 11 is 0. The average Bonchev–Trinajstić information content (AvgIpc) is 3.24. The molecule has 1 aromatic carbocycles. The van der Waals surface area contributed by atoms with E-state index in [1.54, 1.807) is 26.0 Å². The molecule has 0 saturated heterocycles. The zero-order valence-corrected chi connectivity index (χ0v) is 21.3. The van der Waals surface area contributed by atoms with Crippen LogP contribution in [0.2, 0.25) is 0 Å². The second kappa shape index (κ2) is 9.50. The molecule has 3 aromatic rings. The third kappa shape index (κ3) is 5.26. The van der Waals surface area contributed by atoms with Gasteiger partial charge in [-0.25, -0.2) is 4.98 Å². The number of aromatic nitrogens is 3. The van der Waals surface area contributed by atoms with Gasteiger partial charge in [0.1, 0.15) is 11.4 Å². The molecule has 194 valence electrons. The first kappa shape index (κ1) is 26.1. The lowest BCUT2D eigenvalue weighted by Crippen LogP contribution is -2.31. The van der Waals surface area contributed by atoms with Crippen LogP contribution >= 0.6 is 0 Å². The van der Waals surface area contributed by atoms with Crippen LogP contribution in [-0.4, -0.2) is 32.8 Å². The Morgan fingerprint density at radius 1 is 1.14 bits per heavy atom. The largest absolute Gasteiger partial charge is 0.433 e. The van der Waals surface area contributed by atoms with Gasteiger partial charge < -0.3 is 10.0 Å². The molecule has 4 rings (SSSR count). The van der Waals surface area contributed by atoms with E-state index in [0.29, 0.717) is 22.7 Å². The predicted octanol–water partition coefficient (Wildman–Crippen LogP) is 6.34. The molecule has 2 heterocycles. The molecule has 36 heavy (non-hydrogen) atoms. The fourth-order valence-electron chi connectivity index (χ4n) is 5.06. The zero-order chi connectivity index (χ0) is 26.4. The van der Waals surface area contributed by atoms with Crippen molar-refractivity contribution in [1.29, 1.82) is 0 Å². The Bertz CT molecular complexity index is 1250. The van der Waals surface area contributed by atoms with Crippen molar-refractivity contribution in [1.82, 2.24) is 14.8 Å². The summed E-state index contributed by atoms with van der Waals surface area (Å²) in [7, 11) is 1.47. The molecular formula is C27H33F3N4O2. The number of carbonyl (C=O) groups excluding carboxylic acids is 1. The van der Waals surface area contributed by atoms with Gasteiger partial charge in [0.05, 0.1) is 22.8 Å². The number of hydrogen-bond acceptors (Lipinski definition) is 4. The minimum Gasteiger partial charge on any atom is -0.386 e. The molecule has 6 nitrogen and oxygen atoms in total. The number of rotatable bonds is 5. The lowest BCUT2D eigenvalue weighted by molar-refractivity contribution is -0.141. The number of amides is 1. The van der Waals surface area contributed by atoms with Crippen molar-refractivity contribution in [2.45, 2.75) is 71.2 Å². The van der Waals surface area contributed by atoms with Gasteiger partial charge in [0.15, 0.2) is 0 Å². The number of carbonyl (C=O) groups is 1. The zero-order valence-electron chi connectivity index (χ0n) is 21.3. The number of hydrogen-bond donors (Lipinski definition) is 1. The number of halogens is 3. The van der Waals surface area contributed by atoms with Crippen molar-refractivity contribution < 1.29 is 23.1 Å². The topological polar surface area (TPSA) is 71.2 Å². The van der Waals surface area contributed by atoms with Crippen molar-refractivity contribution in [3.8, 4) is 0 Å². The lowest BCUT2D eigenvalue weighted by Gasteiger charge is -2.30. The van der Waals surface area contributed by atoms with Gasteiger partial charge in [-0.1, -0.05) is 19.9 Å². The Hall–Kier alpha value is -2.94. The molecule has 0 atom stereocenters. The molecule has 0 aliphatic heterocycles. The standard InChI is InChI=1S/C27H33F3N4O2/c1-16(2)17-9-11-19(12-10-17)34-15-18-13-23(20(26(3,4)36)14-22(18)32-34)33(5)25(35)21-7-6-8-24(31-21)27(28,29)30/h6-8,13-17,19,36H,9-12H2,1-5H3/t17-,19-. The summed E-state index contributed by atoms with van der Waals surface area (Å²) in [5.74, 6) is 0.688. The summed E-state index contributed by atoms with van der Waals surface area (Å²) < 4.78 is 41.4. The molecule has 0 unspecified atom stereocenters. The van der Waals surface area contributed by atoms with Gasteiger partial charge in [-0.3, -0.25) is 9.48 Å². The molecule has 0 bridgehead atoms. The summed E-state index contributed by atoms with van der Waals surface area (Å²) in [6.07, 6.45) is 1.69. The number of anilines is 1. The van der Waals surface area contributed by atoms with E-state index < -0.39 is 23.4 Å². The first-order chi connectivity index (χ1) is 16.8. The highest BCUT2D eigenvalue weighted by molar-refractivity contribution is 6.06. The minimum absolute atomic E-state index is 0.287. The fraction of sp³-hybridized carbons (Fsp3) is 0.519. The van der Waals surface area contributed by atoms with Gasteiger partial charge in [0, 0.05) is 24.2 Å². The van der Waals surface area contributed by atoms with E-state index in [9.17, 15) is 23.1 Å². The van der Waals surface area contributed by atoms with Gasteiger partial charge in [0.2, 0.25) is 0 Å². The molecule has 1 aliphatic carbocycles. The van der Waals surface area contributed by atoms with E-state index in [4.69, 9.17) is 5.10 Å². The molecule has 1 fully saturated rings. The Kier molecular flexibility index (Phi) is 6.90. The van der Waals surface area contributed by atoms with Crippen molar-refractivity contribution in [3.63, 3.8) is 0 Å². The Morgan fingerprint density at radius 3 is 2.39 bits per heavy atom. The average molecular weight is 503 g/mol. The molecule has 9 heteroatoms. The maximum atomic E-state index is 13.2. The van der Waals surface area contributed by atoms with Crippen LogP contribution in [0.1, 0.15) is 81.2 Å². The van der Waals surface area contributed by atoms with Crippen LogP contribution in [0.25, 0.3) is 10.9 Å². The highest BCUT2D eigenvalue weighted by atomic mass is 19.4. The smallest absolute Gasteiger partial charge is 0.386 e. The fourth-order valence-corrected chi connectivity index (χ4v) is 5.06. The second-order valence-electron chi connectivity index (χ2n) is 10.7. The molecule has 2 aromatic heterocycles. The summed E-state index contributed by atoms with van der Waals surface area (Å²) in [5, 5.41) is 16.5. The second-order valence-corrected chi connectivity index (χ2v) is 10.7. The van der Waals surface area contributed by atoms with Gasteiger partial charge in [-0.15, -0.1) is 0 Å². The van der Waals surface area contributed by atoms with Crippen LogP contribution in [0.5, 0.6) is 0 Å². The predicted molar refractivity (Wildman–Crippen MR) is 133 cm³/mol. The lowest BCUT2D eigenvalue weighted by atomic mass is 9.80. The van der Waals surface area contributed by atoms with E-state index in [1.807, 2.05) is 10.9 Å². The normalized spacial score (nSPS) is 19.2. The Morgan fingerprint density at radius 2 is 1.81 bits per heavy atom. The summed E-state index contributed by atoms with van der Waals surface area (Å²) in [6.45, 7) is 7.73. The van der Waals surface area contributed by atoms with Gasteiger partial charge in [-0.05, 0) is 75.6 Å². The Labute approximate surface area is 209 Å². The van der Waals surface area contributed by atoms with Gasteiger partial charge in [0.25, 0.3) is 5.91 Å². The number of aliphatic hydroxyl groups is 1. The molecule has 0 spiro atoms. The number of fused-ring (bicyclic) bond motifs is 1. The van der Waals surface area contributed by atoms with E-state index in [-0.39, 0.29) is 11.7 Å². The summed E-state index contributed by atoms with van der Waals surface area (Å²) in [6, 6.07) is 7.04. The van der Waals surface area contributed by atoms with Crippen LogP contribution in [0.4, 0.5) is 18.9 Å². The van der Waals surface area contributed by atoms with Gasteiger partial charge >= 0.3 is 6.18 Å². The molecule has 1 saturated carbocycles. The maximum absolute atomic E-state index is 13.2. The number of alkyl halides is 3. The molecule has 1 N–H and O–H groups in total. The van der Waals surface area contributed by atoms with Crippen molar-refractivity contribution in [3.05, 3.63) is 53.5 Å². The first-order valence-corrected chi connectivity index (χ1v) is 12.3. The third-order valence-electron chi connectivity index (χ3n) is 7.28. The van der Waals surface area contributed by atoms with Crippen LogP contribution < -0.4 is 4.90 Å². The maximum Gasteiger partial charge on any atom is 0.433 e. The molecule has 0 radical (unpaired) electrons. The van der Waals surface area contributed by atoms with Crippen LogP contribution in [0, 0.1) is 11.8 Å². The van der Waals surface area contributed by atoms with E-state index in [1.165, 1.54) is 18.0 Å². The number of nitrogens with zero attached hydrogens (tertiary/aromatic N) is 4. The van der Waals surface area contributed by atoms with Gasteiger partial charge in [-0.2, -0.15) is 18.3 Å². The van der Waals surface area contributed by atoms with Crippen molar-refractivity contribution in [2.75, 3.05) is 11.9 Å². The highest BCUT2D eigenvalue weighted by Gasteiger charge is 2.34. The van der Waals surface area contributed by atoms with Crippen LogP contribution in [0.15, 0.2) is 36.5 Å². The number of pyridine rings is 1. The Balaban J connectivity index is 1.69. The van der Waals surface area contributed by atoms with Crippen molar-refractivity contribution in [2.24, 2.45) is 11.8 Å². The summed E-state index contributed by atoms with van der Waals surface area (Å²) in [4.78, 5) is 17.9. The van der Waals surface area contributed by atoms with E-state index >= 15 is 0 Å². The van der Waals surface area contributed by atoms with E-state index in [2.05, 4.69) is 18.8 Å². The molecule has 1 amide bonds. The van der Waals surface area contributed by atoms with E-state index in [0.717, 1.165) is 49.1 Å². The quantitative estimate of drug-likeness (QED) is 0.442. The van der Waals surface area contributed by atoms with Crippen LogP contribution in [0.3, 0.4) is 0 Å². The third-order valence-corrected chi connectivity index (χ3v) is 7.28. The molecule has 1 aliphatic rings. The van der Waals surface area contributed by atoms with Crippen LogP contribution in [-0.2, 0) is 11.8 Å². The molecular weight excluding hydrogens is 469 g/mol. The monoisotopic (exact) mass is 502 g/mol. The summed E-state index contributed by atoms with van der Waals surface area (Å²) in [5.41, 5.74) is -1.24. The number of benzene rings is 1. The first-order valence-electron chi connectivity index (χ1n) is 12.3. The highest BCUT2D eigenvalue weighted by Crippen LogP contribution is 2.38. The SMILES string of the molecule is CC(C)[C@H]1CC[C@H](n2cc3cc(N(C)C(=O)c4cccc(C(F)(F)F)n4)c(C(C)(C)O)cc3n2)CC1. The van der Waals surface area contributed by atoms with Crippen molar-refractivity contribution >= 4 is 22.5 Å².